The fourth-order valence-electron chi connectivity index (χ4n) is 3.11. The monoisotopic (exact) mass is 314 g/mol. The van der Waals surface area contributed by atoms with Crippen LogP contribution in [0.2, 0.25) is 0 Å². The van der Waals surface area contributed by atoms with E-state index in [4.69, 9.17) is 10.00 Å². The van der Waals surface area contributed by atoms with Gasteiger partial charge in [-0.15, -0.1) is 0 Å². The van der Waals surface area contributed by atoms with Gasteiger partial charge >= 0.3 is 0 Å². The first-order valence-electron chi connectivity index (χ1n) is 7.62. The Balaban J connectivity index is 1.87. The lowest BCUT2D eigenvalue weighted by atomic mass is 10.0. The molecule has 1 aromatic heterocycles. The van der Waals surface area contributed by atoms with Gasteiger partial charge in [0, 0.05) is 29.9 Å². The third-order valence-corrected chi connectivity index (χ3v) is 4.31. The highest BCUT2D eigenvalue weighted by atomic mass is 19.1. The molecular weight excluding hydrogens is 295 g/mol. The Morgan fingerprint density at radius 3 is 2.96 bits per heavy atom. The van der Waals surface area contributed by atoms with Crippen LogP contribution in [0.25, 0.3) is 0 Å². The summed E-state index contributed by atoms with van der Waals surface area (Å²) in [4.78, 5) is 2.21. The van der Waals surface area contributed by atoms with Crippen molar-refractivity contribution >= 4 is 0 Å². The van der Waals surface area contributed by atoms with E-state index in [1.807, 2.05) is 19.9 Å². The molecule has 6 heteroatoms. The molecule has 1 unspecified atom stereocenters. The Kier molecular flexibility index (Phi) is 4.42. The van der Waals surface area contributed by atoms with E-state index in [2.05, 4.69) is 15.1 Å². The maximum atomic E-state index is 14.2. The van der Waals surface area contributed by atoms with Crippen LogP contribution in [-0.4, -0.2) is 34.9 Å². The number of H-pyrrole nitrogens is 1. The summed E-state index contributed by atoms with van der Waals surface area (Å²) in [6, 6.07) is 6.65. The van der Waals surface area contributed by atoms with Crippen LogP contribution in [-0.2, 0) is 11.3 Å². The average molecular weight is 314 g/mol. The third kappa shape index (κ3) is 3.11. The lowest BCUT2D eigenvalue weighted by Gasteiger charge is -2.36. The molecule has 2 heterocycles. The number of rotatable bonds is 3. The minimum absolute atomic E-state index is 0.0533. The molecule has 0 aliphatic carbocycles. The average Bonchev–Trinajstić information content (AvgIpc) is 2.89. The second kappa shape index (κ2) is 6.49. The summed E-state index contributed by atoms with van der Waals surface area (Å²) < 4.78 is 19.8. The minimum Gasteiger partial charge on any atom is -0.378 e. The Labute approximate surface area is 134 Å². The number of nitrogens with zero attached hydrogens (tertiary/aromatic N) is 3. The molecule has 0 saturated carbocycles. The number of halogens is 1. The van der Waals surface area contributed by atoms with Gasteiger partial charge in [0.25, 0.3) is 0 Å². The highest BCUT2D eigenvalue weighted by Crippen LogP contribution is 2.30. The molecule has 120 valence electrons. The number of aromatic amines is 1. The lowest BCUT2D eigenvalue weighted by Crippen LogP contribution is -2.39. The molecule has 0 radical (unpaired) electrons. The van der Waals surface area contributed by atoms with Crippen LogP contribution in [0.5, 0.6) is 0 Å². The van der Waals surface area contributed by atoms with Gasteiger partial charge in [0.15, 0.2) is 0 Å². The van der Waals surface area contributed by atoms with Crippen LogP contribution >= 0.6 is 0 Å². The summed E-state index contributed by atoms with van der Waals surface area (Å²) in [5, 5.41) is 16.1. The van der Waals surface area contributed by atoms with Crippen molar-refractivity contribution in [2.45, 2.75) is 26.4 Å². The molecule has 0 spiro atoms. The first kappa shape index (κ1) is 15.7. The van der Waals surface area contributed by atoms with E-state index in [1.54, 1.807) is 12.1 Å². The van der Waals surface area contributed by atoms with E-state index in [1.165, 1.54) is 6.07 Å². The summed E-state index contributed by atoms with van der Waals surface area (Å²) in [6.45, 7) is 6.37. The summed E-state index contributed by atoms with van der Waals surface area (Å²) in [5.41, 5.74) is 4.02. The van der Waals surface area contributed by atoms with E-state index in [-0.39, 0.29) is 11.9 Å². The number of nitrogens with one attached hydrogen (secondary N) is 1. The second-order valence-electron chi connectivity index (χ2n) is 5.83. The summed E-state index contributed by atoms with van der Waals surface area (Å²) in [7, 11) is 0. The van der Waals surface area contributed by atoms with Crippen molar-refractivity contribution in [3.8, 4) is 6.07 Å². The second-order valence-corrected chi connectivity index (χ2v) is 5.83. The van der Waals surface area contributed by atoms with E-state index < -0.39 is 0 Å². The first-order valence-corrected chi connectivity index (χ1v) is 7.62. The minimum atomic E-state index is -0.338. The van der Waals surface area contributed by atoms with Crippen LogP contribution < -0.4 is 0 Å². The van der Waals surface area contributed by atoms with Crippen molar-refractivity contribution in [1.82, 2.24) is 15.1 Å². The number of ether oxygens (including phenoxy) is 1. The number of benzene rings is 1. The van der Waals surface area contributed by atoms with Gasteiger partial charge in [0.2, 0.25) is 0 Å². The van der Waals surface area contributed by atoms with Crippen LogP contribution in [0.4, 0.5) is 4.39 Å². The zero-order chi connectivity index (χ0) is 16.4. The van der Waals surface area contributed by atoms with Gasteiger partial charge in [-0.1, -0.05) is 6.07 Å². The van der Waals surface area contributed by atoms with Gasteiger partial charge in [0.1, 0.15) is 5.82 Å². The van der Waals surface area contributed by atoms with Gasteiger partial charge in [-0.05, 0) is 26.0 Å². The Hall–Kier alpha value is -2.23. The smallest absolute Gasteiger partial charge is 0.129 e. The fraction of sp³-hybridized carbons (Fsp3) is 0.412. The standard InChI is InChI=1S/C17H19FN4O/c1-11-17(12(2)21-20-11)16-10-23-6-5-22(16)9-14-4-3-13(8-19)7-15(14)18/h3-4,7,16H,5-6,9-10H2,1-2H3,(H,20,21). The van der Waals surface area contributed by atoms with Crippen molar-refractivity contribution in [2.75, 3.05) is 19.8 Å². The number of hydrogen-bond acceptors (Lipinski definition) is 4. The van der Waals surface area contributed by atoms with Gasteiger partial charge in [-0.2, -0.15) is 10.4 Å². The van der Waals surface area contributed by atoms with Gasteiger partial charge in [0.05, 0.1) is 36.6 Å². The van der Waals surface area contributed by atoms with E-state index in [0.29, 0.717) is 30.9 Å². The number of morpholine rings is 1. The van der Waals surface area contributed by atoms with E-state index in [0.717, 1.165) is 23.5 Å². The Morgan fingerprint density at radius 2 is 2.30 bits per heavy atom. The highest BCUT2D eigenvalue weighted by Gasteiger charge is 2.29. The van der Waals surface area contributed by atoms with Crippen molar-refractivity contribution in [1.29, 1.82) is 5.26 Å². The molecule has 1 fully saturated rings. The van der Waals surface area contributed by atoms with Crippen LogP contribution in [0.1, 0.15) is 34.1 Å². The van der Waals surface area contributed by atoms with Crippen molar-refractivity contribution < 1.29 is 9.13 Å². The molecule has 23 heavy (non-hydrogen) atoms. The third-order valence-electron chi connectivity index (χ3n) is 4.31. The number of hydrogen-bond donors (Lipinski definition) is 1. The number of aromatic nitrogens is 2. The highest BCUT2D eigenvalue weighted by molar-refractivity contribution is 5.33. The topological polar surface area (TPSA) is 64.9 Å². The predicted octanol–water partition coefficient (Wildman–Crippen LogP) is 2.61. The first-order chi connectivity index (χ1) is 11.1. The normalized spacial score (nSPS) is 18.8. The molecule has 1 saturated heterocycles. The molecule has 0 amide bonds. The largest absolute Gasteiger partial charge is 0.378 e. The van der Waals surface area contributed by atoms with Crippen molar-refractivity contribution in [3.05, 3.63) is 52.1 Å². The molecule has 1 aliphatic heterocycles. The zero-order valence-corrected chi connectivity index (χ0v) is 13.3. The van der Waals surface area contributed by atoms with E-state index >= 15 is 0 Å². The number of aryl methyl sites for hydroxylation is 2. The Morgan fingerprint density at radius 1 is 1.48 bits per heavy atom. The van der Waals surface area contributed by atoms with Crippen LogP contribution in [0.3, 0.4) is 0 Å². The maximum Gasteiger partial charge on any atom is 0.129 e. The molecular formula is C17H19FN4O. The SMILES string of the molecule is Cc1n[nH]c(C)c1C1COCCN1Cc1ccc(C#N)cc1F. The zero-order valence-electron chi connectivity index (χ0n) is 13.3. The molecule has 5 nitrogen and oxygen atoms in total. The van der Waals surface area contributed by atoms with E-state index in [9.17, 15) is 4.39 Å². The maximum absolute atomic E-state index is 14.2. The lowest BCUT2D eigenvalue weighted by molar-refractivity contribution is -0.0135. The van der Waals surface area contributed by atoms with Gasteiger partial charge < -0.3 is 4.74 Å². The summed E-state index contributed by atoms with van der Waals surface area (Å²) >= 11 is 0. The quantitative estimate of drug-likeness (QED) is 0.946. The predicted molar refractivity (Wildman–Crippen MR) is 83.1 cm³/mol. The molecule has 1 atom stereocenters. The summed E-state index contributed by atoms with van der Waals surface area (Å²) in [5.74, 6) is -0.338. The fourth-order valence-corrected chi connectivity index (χ4v) is 3.11. The van der Waals surface area contributed by atoms with Gasteiger partial charge in [-0.3, -0.25) is 10.00 Å². The molecule has 1 aromatic carbocycles. The van der Waals surface area contributed by atoms with Crippen molar-refractivity contribution in [2.24, 2.45) is 0 Å². The molecule has 1 N–H and O–H groups in total. The molecule has 2 aromatic rings. The summed E-state index contributed by atoms with van der Waals surface area (Å²) in [6.07, 6.45) is 0. The van der Waals surface area contributed by atoms with Crippen LogP contribution in [0.15, 0.2) is 18.2 Å². The number of nitriles is 1. The Bertz CT molecular complexity index is 730. The van der Waals surface area contributed by atoms with Crippen LogP contribution in [0, 0.1) is 31.0 Å². The van der Waals surface area contributed by atoms with Crippen molar-refractivity contribution in [3.63, 3.8) is 0 Å². The molecule has 1 aliphatic rings. The molecule has 0 bridgehead atoms. The van der Waals surface area contributed by atoms with Gasteiger partial charge in [-0.25, -0.2) is 4.39 Å². The molecule has 3 rings (SSSR count).